The van der Waals surface area contributed by atoms with Crippen LogP contribution in [0.1, 0.15) is 0 Å². The molecule has 0 spiro atoms. The molecule has 0 saturated carbocycles. The van der Waals surface area contributed by atoms with Gasteiger partial charge in [0, 0.05) is 76.9 Å². The molecule has 0 N–H and O–H groups in total. The van der Waals surface area contributed by atoms with Gasteiger partial charge in [0.1, 0.15) is 11.5 Å². The van der Waals surface area contributed by atoms with Crippen LogP contribution in [0.2, 0.25) is 0 Å². The van der Waals surface area contributed by atoms with Crippen molar-refractivity contribution in [3.8, 4) is 34.1 Å². The zero-order chi connectivity index (χ0) is 17.6. The van der Waals surface area contributed by atoms with Gasteiger partial charge in [-0.15, -0.1) is 24.3 Å². The molecule has 4 aromatic rings. The Hall–Kier alpha value is -1.31. The summed E-state index contributed by atoms with van der Waals surface area (Å²) in [7, 11) is 0. The predicted molar refractivity (Wildman–Crippen MR) is 103 cm³/mol. The molecule has 0 saturated heterocycles. The van der Waals surface area contributed by atoms with E-state index in [4.69, 9.17) is 9.47 Å². The maximum absolute atomic E-state index is 5.81. The van der Waals surface area contributed by atoms with E-state index in [2.05, 4.69) is 12.1 Å². The molecule has 0 bridgehead atoms. The van der Waals surface area contributed by atoms with Gasteiger partial charge in [-0.1, -0.05) is 24.3 Å². The molecule has 0 aliphatic heterocycles. The van der Waals surface area contributed by atoms with Gasteiger partial charge < -0.3 is 9.47 Å². The van der Waals surface area contributed by atoms with Crippen LogP contribution in [0.15, 0.2) is 97.1 Å². The Labute approximate surface area is 216 Å². The molecule has 4 rings (SSSR count). The van der Waals surface area contributed by atoms with Crippen molar-refractivity contribution in [1.29, 1.82) is 0 Å². The molecular formula is C24H16O2Y2-2. The molecule has 2 radical (unpaired) electrons. The Morgan fingerprint density at radius 2 is 0.679 bits per heavy atom. The summed E-state index contributed by atoms with van der Waals surface area (Å²) in [5, 5.41) is 0. The standard InChI is InChI=1S/C24H16O2.2Y/c1-3-7-21(8-4-1)25-23-15-11-19(12-16-23)20-13-17-24(18-14-20)26-22-9-5-2-6-10-22;;/h3-18H;;/q-2;;. The average Bonchev–Trinajstić information content (AvgIpc) is 2.71. The zero-order valence-electron chi connectivity index (χ0n) is 15.2. The van der Waals surface area contributed by atoms with Crippen molar-refractivity contribution in [2.24, 2.45) is 0 Å². The summed E-state index contributed by atoms with van der Waals surface area (Å²) in [6, 6.07) is 36.9. The summed E-state index contributed by atoms with van der Waals surface area (Å²) in [6.45, 7) is 0. The third-order valence-corrected chi connectivity index (χ3v) is 3.89. The molecule has 0 aliphatic rings. The quantitative estimate of drug-likeness (QED) is 0.282. The first-order chi connectivity index (χ1) is 12.9. The molecule has 132 valence electrons. The minimum Gasteiger partial charge on any atom is -0.483 e. The van der Waals surface area contributed by atoms with E-state index in [1.165, 1.54) is 0 Å². The van der Waals surface area contributed by atoms with E-state index in [0.717, 1.165) is 34.1 Å². The second-order valence-corrected chi connectivity index (χ2v) is 5.72. The van der Waals surface area contributed by atoms with E-state index < -0.39 is 0 Å². The molecule has 0 heterocycles. The molecule has 28 heavy (non-hydrogen) atoms. The Bertz CT molecular complexity index is 872. The molecule has 4 heteroatoms. The Morgan fingerprint density at radius 3 is 1.00 bits per heavy atom. The van der Waals surface area contributed by atoms with Crippen LogP contribution >= 0.6 is 0 Å². The second kappa shape index (κ2) is 11.6. The van der Waals surface area contributed by atoms with Gasteiger partial charge in [-0.3, -0.25) is 0 Å². The van der Waals surface area contributed by atoms with Crippen LogP contribution in [0.3, 0.4) is 0 Å². The molecule has 0 atom stereocenters. The summed E-state index contributed by atoms with van der Waals surface area (Å²) in [5.41, 5.74) is 2.25. The van der Waals surface area contributed by atoms with E-state index in [9.17, 15) is 0 Å². The molecule has 0 aliphatic carbocycles. The zero-order valence-corrected chi connectivity index (χ0v) is 20.9. The number of hydrogen-bond donors (Lipinski definition) is 0. The summed E-state index contributed by atoms with van der Waals surface area (Å²) in [5.74, 6) is 3.22. The van der Waals surface area contributed by atoms with Crippen LogP contribution < -0.4 is 9.47 Å². The van der Waals surface area contributed by atoms with E-state index in [1.807, 2.05) is 97.1 Å². The van der Waals surface area contributed by atoms with Gasteiger partial charge in [0.05, 0.1) is 0 Å². The maximum atomic E-state index is 5.81. The fourth-order valence-corrected chi connectivity index (χ4v) is 2.58. The van der Waals surface area contributed by atoms with Crippen LogP contribution in [-0.4, -0.2) is 0 Å². The van der Waals surface area contributed by atoms with Crippen LogP contribution in [0.5, 0.6) is 23.0 Å². The third kappa shape index (κ3) is 6.36. The summed E-state index contributed by atoms with van der Waals surface area (Å²) in [4.78, 5) is 0. The van der Waals surface area contributed by atoms with Crippen molar-refractivity contribution >= 4 is 0 Å². The van der Waals surface area contributed by atoms with Crippen molar-refractivity contribution in [2.75, 3.05) is 0 Å². The summed E-state index contributed by atoms with van der Waals surface area (Å²) < 4.78 is 11.6. The van der Waals surface area contributed by atoms with E-state index in [0.29, 0.717) is 0 Å². The fraction of sp³-hybridized carbons (Fsp3) is 0. The van der Waals surface area contributed by atoms with Gasteiger partial charge in [-0.2, -0.15) is 36.4 Å². The molecule has 2 nitrogen and oxygen atoms in total. The van der Waals surface area contributed by atoms with E-state index in [-0.39, 0.29) is 65.4 Å². The monoisotopic (exact) mass is 514 g/mol. The molecule has 0 aromatic heterocycles. The molecular weight excluding hydrogens is 498 g/mol. The number of hydrogen-bond acceptors (Lipinski definition) is 2. The summed E-state index contributed by atoms with van der Waals surface area (Å²) in [6.07, 6.45) is 0. The Balaban J connectivity index is 0.00000140. The van der Waals surface area contributed by atoms with Gasteiger partial charge in [0.15, 0.2) is 0 Å². The molecule has 0 fully saturated rings. The van der Waals surface area contributed by atoms with Crippen molar-refractivity contribution in [3.05, 3.63) is 109 Å². The van der Waals surface area contributed by atoms with Crippen molar-refractivity contribution < 1.29 is 74.9 Å². The minimum absolute atomic E-state index is 0. The van der Waals surface area contributed by atoms with Gasteiger partial charge >= 0.3 is 0 Å². The van der Waals surface area contributed by atoms with Gasteiger partial charge in [-0.05, 0) is 35.4 Å². The number of ether oxygens (including phenoxy) is 2. The van der Waals surface area contributed by atoms with Crippen LogP contribution in [0.25, 0.3) is 11.1 Å². The first kappa shape index (κ1) is 23.0. The van der Waals surface area contributed by atoms with Crippen molar-refractivity contribution in [2.45, 2.75) is 0 Å². The normalized spacial score (nSPS) is 9.57. The van der Waals surface area contributed by atoms with Crippen LogP contribution in [0.4, 0.5) is 0 Å². The number of rotatable bonds is 5. The van der Waals surface area contributed by atoms with Gasteiger partial charge in [-0.25, -0.2) is 0 Å². The van der Waals surface area contributed by atoms with Crippen molar-refractivity contribution in [1.82, 2.24) is 0 Å². The Morgan fingerprint density at radius 1 is 0.393 bits per heavy atom. The first-order valence-electron chi connectivity index (χ1n) is 8.35. The minimum atomic E-state index is 0. The van der Waals surface area contributed by atoms with Gasteiger partial charge in [0.2, 0.25) is 0 Å². The van der Waals surface area contributed by atoms with Crippen LogP contribution in [0, 0.1) is 12.1 Å². The number of benzene rings is 4. The Kier molecular flexibility index (Phi) is 9.54. The molecule has 0 amide bonds. The fourth-order valence-electron chi connectivity index (χ4n) is 2.58. The SMILES string of the molecule is [Y].[Y].[c-]1ccc(Oc2ccc(-c3ccc(Oc4cc[c-]cc4)cc3)cc2)cc1. The first-order valence-corrected chi connectivity index (χ1v) is 8.35. The maximum Gasteiger partial charge on any atom is 0.124 e. The smallest absolute Gasteiger partial charge is 0.124 e. The van der Waals surface area contributed by atoms with E-state index >= 15 is 0 Å². The van der Waals surface area contributed by atoms with E-state index in [1.54, 1.807) is 0 Å². The third-order valence-electron chi connectivity index (χ3n) is 3.89. The van der Waals surface area contributed by atoms with Gasteiger partial charge in [0.25, 0.3) is 0 Å². The average molecular weight is 514 g/mol. The topological polar surface area (TPSA) is 18.5 Å². The largest absolute Gasteiger partial charge is 0.483 e. The second-order valence-electron chi connectivity index (χ2n) is 5.72. The molecule has 4 aromatic carbocycles. The van der Waals surface area contributed by atoms with Crippen LogP contribution in [-0.2, 0) is 65.4 Å². The summed E-state index contributed by atoms with van der Waals surface area (Å²) >= 11 is 0. The molecule has 0 unspecified atom stereocenters. The predicted octanol–water partition coefficient (Wildman–Crippen LogP) is 6.53. The van der Waals surface area contributed by atoms with Crippen molar-refractivity contribution in [3.63, 3.8) is 0 Å².